The number of sulfonamides is 1. The van der Waals surface area contributed by atoms with E-state index in [1.165, 1.54) is 0 Å². The lowest BCUT2D eigenvalue weighted by molar-refractivity contribution is 0.0964. The minimum absolute atomic E-state index is 0.0389. The quantitative estimate of drug-likeness (QED) is 0.706. The molecule has 0 amide bonds. The second kappa shape index (κ2) is 8.40. The van der Waals surface area contributed by atoms with Crippen LogP contribution in [0.25, 0.3) is 0 Å². The van der Waals surface area contributed by atoms with E-state index in [-0.39, 0.29) is 5.78 Å². The van der Waals surface area contributed by atoms with Crippen LogP contribution in [-0.2, 0) is 10.0 Å². The standard InChI is InChI=1S/C19H27N3O3S/c1-5-22(19-8-6-7-15(2)21(19)3)14-13-18(23)16-9-11-17(12-10-16)20-26(4,24)25/h6-12,15,20H,5,13-14H2,1-4H3. The first-order valence-electron chi connectivity index (χ1n) is 8.68. The summed E-state index contributed by atoms with van der Waals surface area (Å²) in [5, 5.41) is 0. The molecule has 0 fully saturated rings. The number of carbonyl (C=O) groups excluding carboxylic acids is 1. The zero-order valence-electron chi connectivity index (χ0n) is 15.8. The van der Waals surface area contributed by atoms with Crippen LogP contribution in [0.2, 0.25) is 0 Å². The average molecular weight is 378 g/mol. The number of ketones is 1. The Labute approximate surface area is 156 Å². The van der Waals surface area contributed by atoms with E-state index in [1.807, 2.05) is 0 Å². The van der Waals surface area contributed by atoms with E-state index in [2.05, 4.69) is 53.6 Å². The molecule has 1 heterocycles. The zero-order chi connectivity index (χ0) is 19.3. The molecule has 142 valence electrons. The van der Waals surface area contributed by atoms with Crippen LogP contribution >= 0.6 is 0 Å². The van der Waals surface area contributed by atoms with Crippen LogP contribution in [0.4, 0.5) is 5.69 Å². The molecule has 1 aliphatic heterocycles. The van der Waals surface area contributed by atoms with Gasteiger partial charge in [-0.1, -0.05) is 12.2 Å². The molecule has 1 aliphatic rings. The molecule has 0 aromatic heterocycles. The minimum atomic E-state index is -3.32. The number of likely N-dealkylation sites (N-methyl/N-ethyl adjacent to an activating group) is 1. The lowest BCUT2D eigenvalue weighted by Crippen LogP contribution is -2.39. The summed E-state index contributed by atoms with van der Waals surface area (Å²) in [6.45, 7) is 5.67. The molecular weight excluding hydrogens is 350 g/mol. The number of benzene rings is 1. The van der Waals surface area contributed by atoms with Gasteiger partial charge in [0, 0.05) is 43.9 Å². The van der Waals surface area contributed by atoms with Gasteiger partial charge in [-0.15, -0.1) is 0 Å². The highest BCUT2D eigenvalue weighted by Crippen LogP contribution is 2.19. The fourth-order valence-corrected chi connectivity index (χ4v) is 3.40. The predicted molar refractivity (Wildman–Crippen MR) is 106 cm³/mol. The molecule has 0 saturated heterocycles. The van der Waals surface area contributed by atoms with Crippen LogP contribution < -0.4 is 4.72 Å². The molecule has 7 heteroatoms. The predicted octanol–water partition coefficient (Wildman–Crippen LogP) is 2.68. The van der Waals surface area contributed by atoms with Crippen molar-refractivity contribution in [3.05, 3.63) is 53.9 Å². The summed E-state index contributed by atoms with van der Waals surface area (Å²) in [7, 11) is -1.26. The van der Waals surface area contributed by atoms with Crippen LogP contribution in [0.5, 0.6) is 0 Å². The van der Waals surface area contributed by atoms with Gasteiger partial charge in [0.05, 0.1) is 6.26 Å². The Morgan fingerprint density at radius 2 is 1.92 bits per heavy atom. The molecule has 1 N–H and O–H groups in total. The van der Waals surface area contributed by atoms with Crippen LogP contribution in [0.1, 0.15) is 30.6 Å². The van der Waals surface area contributed by atoms with E-state index < -0.39 is 10.0 Å². The molecule has 26 heavy (non-hydrogen) atoms. The fraction of sp³-hybridized carbons (Fsp3) is 0.421. The Morgan fingerprint density at radius 1 is 1.27 bits per heavy atom. The minimum Gasteiger partial charge on any atom is -0.358 e. The first-order valence-corrected chi connectivity index (χ1v) is 10.6. The van der Waals surface area contributed by atoms with Gasteiger partial charge in [0.25, 0.3) is 0 Å². The molecule has 0 saturated carbocycles. The van der Waals surface area contributed by atoms with Gasteiger partial charge in [-0.2, -0.15) is 0 Å². The van der Waals surface area contributed by atoms with Crippen molar-refractivity contribution in [2.45, 2.75) is 26.3 Å². The summed E-state index contributed by atoms with van der Waals surface area (Å²) in [6.07, 6.45) is 7.75. The number of nitrogens with one attached hydrogen (secondary N) is 1. The summed E-state index contributed by atoms with van der Waals surface area (Å²) in [6, 6.07) is 6.85. The maximum Gasteiger partial charge on any atom is 0.229 e. The highest BCUT2D eigenvalue weighted by atomic mass is 32.2. The van der Waals surface area contributed by atoms with Gasteiger partial charge in [-0.05, 0) is 44.2 Å². The lowest BCUT2D eigenvalue weighted by Gasteiger charge is -2.37. The van der Waals surface area contributed by atoms with Crippen LogP contribution in [0, 0.1) is 0 Å². The SMILES string of the molecule is CCN(CCC(=O)c1ccc(NS(C)(=O)=O)cc1)C1=CC=CC(C)N1C. The van der Waals surface area contributed by atoms with Crippen molar-refractivity contribution in [1.82, 2.24) is 9.80 Å². The van der Waals surface area contributed by atoms with Gasteiger partial charge in [0.2, 0.25) is 10.0 Å². The molecule has 0 aliphatic carbocycles. The maximum atomic E-state index is 12.5. The number of rotatable bonds is 8. The number of hydrogen-bond acceptors (Lipinski definition) is 5. The number of nitrogens with zero attached hydrogens (tertiary/aromatic N) is 2. The normalized spacial score (nSPS) is 17.0. The van der Waals surface area contributed by atoms with E-state index in [4.69, 9.17) is 0 Å². The second-order valence-electron chi connectivity index (χ2n) is 6.47. The highest BCUT2D eigenvalue weighted by molar-refractivity contribution is 7.92. The van der Waals surface area contributed by atoms with E-state index in [0.29, 0.717) is 30.3 Å². The molecule has 2 rings (SSSR count). The van der Waals surface area contributed by atoms with E-state index >= 15 is 0 Å². The van der Waals surface area contributed by atoms with Gasteiger partial charge >= 0.3 is 0 Å². The van der Waals surface area contributed by atoms with Crippen molar-refractivity contribution in [2.24, 2.45) is 0 Å². The Balaban J connectivity index is 1.98. The van der Waals surface area contributed by atoms with Crippen LogP contribution in [0.15, 0.2) is 48.3 Å². The largest absolute Gasteiger partial charge is 0.358 e. The molecule has 6 nitrogen and oxygen atoms in total. The van der Waals surface area contributed by atoms with Gasteiger partial charge in [0.15, 0.2) is 5.78 Å². The highest BCUT2D eigenvalue weighted by Gasteiger charge is 2.19. The summed E-state index contributed by atoms with van der Waals surface area (Å²) in [5.74, 6) is 1.15. The molecule has 1 aromatic rings. The summed E-state index contributed by atoms with van der Waals surface area (Å²) >= 11 is 0. The Hall–Kier alpha value is -2.28. The first-order chi connectivity index (χ1) is 12.2. The molecule has 0 bridgehead atoms. The Morgan fingerprint density at radius 3 is 2.50 bits per heavy atom. The van der Waals surface area contributed by atoms with Crippen molar-refractivity contribution in [2.75, 3.05) is 31.1 Å². The van der Waals surface area contributed by atoms with Gasteiger partial charge < -0.3 is 9.80 Å². The third-order valence-electron chi connectivity index (χ3n) is 4.43. The fourth-order valence-electron chi connectivity index (χ4n) is 2.84. The number of hydrogen-bond donors (Lipinski definition) is 1. The summed E-state index contributed by atoms with van der Waals surface area (Å²) < 4.78 is 24.9. The molecule has 1 unspecified atom stereocenters. The number of allylic oxidation sites excluding steroid dienone is 2. The molecule has 0 spiro atoms. The number of anilines is 1. The summed E-state index contributed by atoms with van der Waals surface area (Å²) in [4.78, 5) is 16.9. The second-order valence-corrected chi connectivity index (χ2v) is 8.21. The Kier molecular flexibility index (Phi) is 6.47. The van der Waals surface area contributed by atoms with E-state index in [1.54, 1.807) is 24.3 Å². The first kappa shape index (κ1) is 20.0. The average Bonchev–Trinajstić information content (AvgIpc) is 2.58. The monoisotopic (exact) mass is 377 g/mol. The molecule has 1 aromatic carbocycles. The van der Waals surface area contributed by atoms with Crippen molar-refractivity contribution in [1.29, 1.82) is 0 Å². The van der Waals surface area contributed by atoms with Crippen molar-refractivity contribution >= 4 is 21.5 Å². The van der Waals surface area contributed by atoms with E-state index in [0.717, 1.165) is 18.6 Å². The lowest BCUT2D eigenvalue weighted by atomic mass is 10.1. The zero-order valence-corrected chi connectivity index (χ0v) is 16.6. The van der Waals surface area contributed by atoms with Crippen LogP contribution in [-0.4, -0.2) is 56.4 Å². The summed E-state index contributed by atoms with van der Waals surface area (Å²) in [5.41, 5.74) is 1.04. The van der Waals surface area contributed by atoms with Crippen molar-refractivity contribution in [3.8, 4) is 0 Å². The number of carbonyl (C=O) groups is 1. The van der Waals surface area contributed by atoms with Gasteiger partial charge in [-0.3, -0.25) is 9.52 Å². The number of Topliss-reactive ketones (excluding diaryl/α,β-unsaturated/α-hetero) is 1. The third-order valence-corrected chi connectivity index (χ3v) is 5.04. The van der Waals surface area contributed by atoms with Gasteiger partial charge in [-0.25, -0.2) is 8.42 Å². The third kappa shape index (κ3) is 5.36. The van der Waals surface area contributed by atoms with Crippen molar-refractivity contribution in [3.63, 3.8) is 0 Å². The van der Waals surface area contributed by atoms with Gasteiger partial charge in [0.1, 0.15) is 5.82 Å². The molecular formula is C19H27N3O3S. The molecule has 1 atom stereocenters. The Bertz CT molecular complexity index is 798. The molecule has 0 radical (unpaired) electrons. The van der Waals surface area contributed by atoms with Crippen molar-refractivity contribution < 1.29 is 13.2 Å². The maximum absolute atomic E-state index is 12.5. The smallest absolute Gasteiger partial charge is 0.229 e. The topological polar surface area (TPSA) is 69.7 Å². The van der Waals surface area contributed by atoms with E-state index in [9.17, 15) is 13.2 Å². The van der Waals surface area contributed by atoms with Crippen LogP contribution in [0.3, 0.4) is 0 Å².